The average molecular weight is 188 g/mol. The van der Waals surface area contributed by atoms with Gasteiger partial charge in [-0.2, -0.15) is 0 Å². The van der Waals surface area contributed by atoms with E-state index in [1.165, 1.54) is 0 Å². The molecule has 3 N–H and O–H groups in total. The van der Waals surface area contributed by atoms with Crippen LogP contribution in [0.15, 0.2) is 0 Å². The van der Waals surface area contributed by atoms with E-state index >= 15 is 0 Å². The molecule has 0 aromatic rings. The van der Waals surface area contributed by atoms with E-state index < -0.39 is 7.60 Å². The van der Waals surface area contributed by atoms with Crippen molar-refractivity contribution in [3.63, 3.8) is 0 Å². The molecule has 0 aromatic carbocycles. The summed E-state index contributed by atoms with van der Waals surface area (Å²) >= 11 is 5.22. The lowest BCUT2D eigenvalue weighted by Crippen LogP contribution is -2.08. The number of nitrogens with two attached hydrogens (primary N) is 1. The van der Waals surface area contributed by atoms with Crippen LogP contribution in [-0.2, 0) is 9.09 Å². The smallest absolute Gasteiger partial charge is 0.328 e. The average Bonchev–Trinajstić information content (AvgIpc) is 1.84. The Labute approximate surface area is 64.8 Å². The first kappa shape index (κ1) is 10.4. The molecule has 0 aliphatic rings. The van der Waals surface area contributed by atoms with Gasteiger partial charge in [-0.1, -0.05) is 0 Å². The number of rotatable bonds is 5. The predicted molar refractivity (Wildman–Crippen MR) is 40.4 cm³/mol. The Morgan fingerprint density at radius 3 is 2.70 bits per heavy atom. The normalized spacial score (nSPS) is 16.7. The van der Waals surface area contributed by atoms with Crippen LogP contribution in [0.4, 0.5) is 0 Å². The fraction of sp³-hybridized carbons (Fsp3) is 1.00. The van der Waals surface area contributed by atoms with Crippen molar-refractivity contribution in [1.29, 1.82) is 0 Å². The number of halogens is 1. The first-order valence-electron chi connectivity index (χ1n) is 2.85. The topological polar surface area (TPSA) is 72.5 Å². The maximum atomic E-state index is 10.8. The van der Waals surface area contributed by atoms with Crippen molar-refractivity contribution in [2.24, 2.45) is 5.73 Å². The minimum Gasteiger partial charge on any atom is -0.328 e. The first-order valence-corrected chi connectivity index (χ1v) is 5.14. The molecule has 1 unspecified atom stereocenters. The first-order chi connectivity index (χ1) is 4.62. The summed E-state index contributed by atoms with van der Waals surface area (Å²) in [7, 11) is -3.42. The van der Waals surface area contributed by atoms with Gasteiger partial charge in [0.1, 0.15) is 0 Å². The summed E-state index contributed by atoms with van der Waals surface area (Å²) in [4.78, 5) is 8.84. The fourth-order valence-electron chi connectivity index (χ4n) is 0.367. The number of alkyl halides is 1. The molecule has 1 atom stereocenters. The molecule has 0 fully saturated rings. The Morgan fingerprint density at radius 1 is 1.70 bits per heavy atom. The van der Waals surface area contributed by atoms with Gasteiger partial charge in [0.2, 0.25) is 0 Å². The third-order valence-corrected chi connectivity index (χ3v) is 2.61. The van der Waals surface area contributed by atoms with E-state index in [-0.39, 0.29) is 25.2 Å². The molecule has 0 saturated carbocycles. The Morgan fingerprint density at radius 2 is 2.30 bits per heavy atom. The molecule has 0 saturated heterocycles. The van der Waals surface area contributed by atoms with Crippen LogP contribution in [-0.4, -0.2) is 30.1 Å². The summed E-state index contributed by atoms with van der Waals surface area (Å²) in [6.07, 6.45) is -0.0193. The molecule has 0 spiro atoms. The predicted octanol–water partition coefficient (Wildman–Crippen LogP) is 0.386. The lowest BCUT2D eigenvalue weighted by molar-refractivity contribution is 0.268. The zero-order valence-corrected chi connectivity index (χ0v) is 7.15. The van der Waals surface area contributed by atoms with Crippen LogP contribution >= 0.6 is 19.2 Å². The molecule has 0 aromatic heterocycles. The van der Waals surface area contributed by atoms with Gasteiger partial charge in [0.15, 0.2) is 0 Å². The SMILES string of the molecule is NCCOP(=O)(O)CCCl. The van der Waals surface area contributed by atoms with Gasteiger partial charge in [-0.3, -0.25) is 4.57 Å². The highest BCUT2D eigenvalue weighted by Gasteiger charge is 2.16. The second kappa shape index (κ2) is 5.10. The fourth-order valence-corrected chi connectivity index (χ4v) is 1.74. The maximum Gasteiger partial charge on any atom is 0.329 e. The highest BCUT2D eigenvalue weighted by molar-refractivity contribution is 7.52. The van der Waals surface area contributed by atoms with Gasteiger partial charge < -0.3 is 15.2 Å². The van der Waals surface area contributed by atoms with Crippen molar-refractivity contribution in [2.45, 2.75) is 0 Å². The third-order valence-electron chi connectivity index (χ3n) is 0.778. The van der Waals surface area contributed by atoms with Gasteiger partial charge in [0.25, 0.3) is 0 Å². The molecule has 6 heteroatoms. The van der Waals surface area contributed by atoms with Crippen LogP contribution in [0, 0.1) is 0 Å². The lowest BCUT2D eigenvalue weighted by Gasteiger charge is -2.08. The summed E-state index contributed by atoms with van der Waals surface area (Å²) in [5.74, 6) is 0.123. The monoisotopic (exact) mass is 187 g/mol. The molecule has 0 amide bonds. The quantitative estimate of drug-likeness (QED) is 0.482. The largest absolute Gasteiger partial charge is 0.329 e. The minimum atomic E-state index is -3.42. The van der Waals surface area contributed by atoms with Crippen LogP contribution < -0.4 is 5.73 Å². The molecule has 0 rings (SSSR count). The zero-order chi connectivity index (χ0) is 8.04. The van der Waals surface area contributed by atoms with Crippen molar-refractivity contribution >= 4 is 19.2 Å². The van der Waals surface area contributed by atoms with E-state index in [0.717, 1.165) is 0 Å². The molecule has 0 radical (unpaired) electrons. The van der Waals surface area contributed by atoms with E-state index in [4.69, 9.17) is 22.2 Å². The van der Waals surface area contributed by atoms with Crippen molar-refractivity contribution in [1.82, 2.24) is 0 Å². The Kier molecular flexibility index (Phi) is 5.31. The Hall–Kier alpha value is 0.400. The van der Waals surface area contributed by atoms with Crippen molar-refractivity contribution < 1.29 is 14.0 Å². The second-order valence-corrected chi connectivity index (χ2v) is 4.03. The molecule has 0 aliphatic heterocycles. The molecule has 10 heavy (non-hydrogen) atoms. The van der Waals surface area contributed by atoms with E-state index in [2.05, 4.69) is 4.52 Å². The van der Waals surface area contributed by atoms with Crippen molar-refractivity contribution in [3.8, 4) is 0 Å². The Balaban J connectivity index is 3.53. The van der Waals surface area contributed by atoms with E-state index in [0.29, 0.717) is 0 Å². The standard InChI is InChI=1S/C4H11ClNO3P/c5-1-4-10(7,8)9-3-2-6/h1-4,6H2,(H,7,8). The Bertz CT molecular complexity index is 132. The van der Waals surface area contributed by atoms with Crippen molar-refractivity contribution in [2.75, 3.05) is 25.2 Å². The molecule has 4 nitrogen and oxygen atoms in total. The molecule has 0 bridgehead atoms. The zero-order valence-electron chi connectivity index (χ0n) is 5.49. The van der Waals surface area contributed by atoms with Crippen LogP contribution in [0.25, 0.3) is 0 Å². The molecule has 0 aliphatic carbocycles. The number of hydrogen-bond acceptors (Lipinski definition) is 3. The van der Waals surface area contributed by atoms with E-state index in [9.17, 15) is 4.57 Å². The summed E-state index contributed by atoms with van der Waals surface area (Å²) < 4.78 is 15.3. The van der Waals surface area contributed by atoms with Gasteiger partial charge in [-0.15, -0.1) is 11.6 Å². The van der Waals surface area contributed by atoms with Gasteiger partial charge in [-0.05, 0) is 0 Å². The molecule has 62 valence electrons. The van der Waals surface area contributed by atoms with Crippen LogP contribution in [0.2, 0.25) is 0 Å². The summed E-state index contributed by atoms with van der Waals surface area (Å²) in [6.45, 7) is 0.345. The van der Waals surface area contributed by atoms with Crippen LogP contribution in [0.5, 0.6) is 0 Å². The molecular weight excluding hydrogens is 176 g/mol. The second-order valence-electron chi connectivity index (χ2n) is 1.67. The summed E-state index contributed by atoms with van der Waals surface area (Å²) in [5.41, 5.74) is 5.04. The molecule has 0 heterocycles. The summed E-state index contributed by atoms with van der Waals surface area (Å²) in [6, 6.07) is 0. The van der Waals surface area contributed by atoms with Crippen LogP contribution in [0.3, 0.4) is 0 Å². The van der Waals surface area contributed by atoms with Gasteiger partial charge in [0.05, 0.1) is 12.8 Å². The highest BCUT2D eigenvalue weighted by Crippen LogP contribution is 2.41. The van der Waals surface area contributed by atoms with Crippen LogP contribution in [0.1, 0.15) is 0 Å². The van der Waals surface area contributed by atoms with E-state index in [1.54, 1.807) is 0 Å². The molecular formula is C4H11ClNO3P. The maximum absolute atomic E-state index is 10.8. The third kappa shape index (κ3) is 5.21. The van der Waals surface area contributed by atoms with Crippen molar-refractivity contribution in [3.05, 3.63) is 0 Å². The summed E-state index contributed by atoms with van der Waals surface area (Å²) in [5, 5.41) is 0. The van der Waals surface area contributed by atoms with Gasteiger partial charge >= 0.3 is 7.60 Å². The van der Waals surface area contributed by atoms with E-state index in [1.807, 2.05) is 0 Å². The highest BCUT2D eigenvalue weighted by atomic mass is 35.5. The van der Waals surface area contributed by atoms with Gasteiger partial charge in [0, 0.05) is 12.4 Å². The number of hydrogen-bond donors (Lipinski definition) is 2. The lowest BCUT2D eigenvalue weighted by atomic mass is 10.8. The van der Waals surface area contributed by atoms with Gasteiger partial charge in [-0.25, -0.2) is 0 Å². The minimum absolute atomic E-state index is 0.0193.